The molecule has 17 heavy (non-hydrogen) atoms. The quantitative estimate of drug-likeness (QED) is 0.609. The van der Waals surface area contributed by atoms with Crippen LogP contribution < -0.4 is 0 Å². The number of hydrogen-bond acceptors (Lipinski definition) is 1. The Morgan fingerprint density at radius 2 is 1.24 bits per heavy atom. The van der Waals surface area contributed by atoms with Gasteiger partial charge in [-0.15, -0.1) is 0 Å². The summed E-state index contributed by atoms with van der Waals surface area (Å²) in [6, 6.07) is 3.84. The monoisotopic (exact) mass is 240 g/mol. The maximum atomic E-state index is 9.28. The molecule has 1 rings (SSSR count). The largest absolute Gasteiger partial charge is 0.508 e. The molecular formula is C16H32O. The highest BCUT2D eigenvalue weighted by atomic mass is 16.3. The SMILES string of the molecule is CC.CC.CCC.Cc1cc(C)c(C)c(O)c1. The molecule has 0 saturated heterocycles. The van der Waals surface area contributed by atoms with Gasteiger partial charge in [0.2, 0.25) is 0 Å². The van der Waals surface area contributed by atoms with E-state index in [4.69, 9.17) is 0 Å². The topological polar surface area (TPSA) is 20.2 Å². The molecule has 0 amide bonds. The van der Waals surface area contributed by atoms with Crippen molar-refractivity contribution in [2.24, 2.45) is 0 Å². The standard InChI is InChI=1S/C9H12O.C3H8.2C2H6/c1-6-4-7(2)8(3)9(10)5-6;1-3-2;2*1-2/h4-5,10H,1-3H3;3H2,1-2H3;2*1-2H3. The fourth-order valence-corrected chi connectivity index (χ4v) is 1.02. The Morgan fingerprint density at radius 1 is 0.882 bits per heavy atom. The zero-order valence-corrected chi connectivity index (χ0v) is 13.3. The lowest BCUT2D eigenvalue weighted by molar-refractivity contribution is 0.470. The summed E-state index contributed by atoms with van der Waals surface area (Å²) < 4.78 is 0. The average molecular weight is 240 g/mol. The van der Waals surface area contributed by atoms with Crippen LogP contribution >= 0.6 is 0 Å². The fourth-order valence-electron chi connectivity index (χ4n) is 1.02. The van der Waals surface area contributed by atoms with Crippen LogP contribution in [0.15, 0.2) is 12.1 Å². The summed E-state index contributed by atoms with van der Waals surface area (Å²) in [5.74, 6) is 0.400. The van der Waals surface area contributed by atoms with E-state index in [1.807, 2.05) is 48.5 Å². The molecule has 1 heteroatoms. The van der Waals surface area contributed by atoms with Crippen LogP contribution in [0.2, 0.25) is 0 Å². The van der Waals surface area contributed by atoms with Crippen LogP contribution in [0.3, 0.4) is 0 Å². The second-order valence-electron chi connectivity index (χ2n) is 3.43. The molecule has 0 saturated carbocycles. The van der Waals surface area contributed by atoms with Gasteiger partial charge in [0, 0.05) is 0 Å². The zero-order valence-electron chi connectivity index (χ0n) is 13.3. The third kappa shape index (κ3) is 11.3. The maximum Gasteiger partial charge on any atom is 0.119 e. The van der Waals surface area contributed by atoms with Crippen LogP contribution in [0, 0.1) is 20.8 Å². The molecule has 0 fully saturated rings. The molecule has 0 bridgehead atoms. The Morgan fingerprint density at radius 3 is 1.53 bits per heavy atom. The van der Waals surface area contributed by atoms with Gasteiger partial charge >= 0.3 is 0 Å². The van der Waals surface area contributed by atoms with Gasteiger partial charge in [-0.2, -0.15) is 0 Å². The van der Waals surface area contributed by atoms with Crippen molar-refractivity contribution in [3.05, 3.63) is 28.8 Å². The lowest BCUT2D eigenvalue weighted by Crippen LogP contribution is -1.82. The molecule has 0 aromatic heterocycles. The van der Waals surface area contributed by atoms with Crippen molar-refractivity contribution >= 4 is 0 Å². The third-order valence-electron chi connectivity index (χ3n) is 1.78. The molecule has 1 aromatic rings. The summed E-state index contributed by atoms with van der Waals surface area (Å²) in [5.41, 5.74) is 3.24. The van der Waals surface area contributed by atoms with Crippen molar-refractivity contribution in [1.29, 1.82) is 0 Å². The number of hydrogen-bond donors (Lipinski definition) is 1. The van der Waals surface area contributed by atoms with E-state index in [0.29, 0.717) is 5.75 Å². The first-order valence-electron chi connectivity index (χ1n) is 6.79. The minimum absolute atomic E-state index is 0.400. The number of aromatic hydroxyl groups is 1. The van der Waals surface area contributed by atoms with Crippen LogP contribution in [0.1, 0.15) is 64.7 Å². The Balaban J connectivity index is -0.000000239. The van der Waals surface area contributed by atoms with Gasteiger partial charge in [-0.1, -0.05) is 54.0 Å². The van der Waals surface area contributed by atoms with E-state index in [1.165, 1.54) is 6.42 Å². The van der Waals surface area contributed by atoms with E-state index < -0.39 is 0 Å². The summed E-state index contributed by atoms with van der Waals surface area (Å²) in [4.78, 5) is 0. The Kier molecular flexibility index (Phi) is 18.8. The van der Waals surface area contributed by atoms with Gasteiger partial charge in [-0.3, -0.25) is 0 Å². The first-order chi connectivity index (χ1) is 8.02. The molecule has 0 atom stereocenters. The van der Waals surface area contributed by atoms with Gasteiger partial charge in [-0.25, -0.2) is 0 Å². The molecule has 0 aliphatic heterocycles. The molecule has 102 valence electrons. The fraction of sp³-hybridized carbons (Fsp3) is 0.625. The van der Waals surface area contributed by atoms with Crippen molar-refractivity contribution in [3.63, 3.8) is 0 Å². The summed E-state index contributed by atoms with van der Waals surface area (Å²) in [6.07, 6.45) is 1.25. The first kappa shape index (κ1) is 21.3. The molecule has 0 aliphatic rings. The minimum atomic E-state index is 0.400. The highest BCUT2D eigenvalue weighted by Crippen LogP contribution is 2.20. The maximum absolute atomic E-state index is 9.28. The predicted octanol–water partition coefficient (Wildman–Crippen LogP) is 5.79. The van der Waals surface area contributed by atoms with Crippen molar-refractivity contribution < 1.29 is 5.11 Å². The first-order valence-corrected chi connectivity index (χ1v) is 6.79. The Hall–Kier alpha value is -0.980. The van der Waals surface area contributed by atoms with Crippen molar-refractivity contribution in [1.82, 2.24) is 0 Å². The predicted molar refractivity (Wildman–Crippen MR) is 81.0 cm³/mol. The molecule has 1 N–H and O–H groups in total. The highest BCUT2D eigenvalue weighted by Gasteiger charge is 1.98. The van der Waals surface area contributed by atoms with Crippen LogP contribution in [0.4, 0.5) is 0 Å². The van der Waals surface area contributed by atoms with E-state index in [-0.39, 0.29) is 0 Å². The molecule has 0 radical (unpaired) electrons. The van der Waals surface area contributed by atoms with Gasteiger partial charge in [-0.05, 0) is 43.5 Å². The lowest BCUT2D eigenvalue weighted by Gasteiger charge is -2.03. The molecule has 0 aliphatic carbocycles. The molecule has 1 nitrogen and oxygen atoms in total. The van der Waals surface area contributed by atoms with E-state index in [1.54, 1.807) is 6.07 Å². The van der Waals surface area contributed by atoms with Crippen LogP contribution in [-0.4, -0.2) is 5.11 Å². The molecule has 1 aromatic carbocycles. The molecule has 0 unspecified atom stereocenters. The van der Waals surface area contributed by atoms with Crippen LogP contribution in [0.5, 0.6) is 5.75 Å². The van der Waals surface area contributed by atoms with Gasteiger partial charge in [0.25, 0.3) is 0 Å². The van der Waals surface area contributed by atoms with Gasteiger partial charge in [0.15, 0.2) is 0 Å². The second-order valence-corrected chi connectivity index (χ2v) is 3.43. The van der Waals surface area contributed by atoms with Gasteiger partial charge in [0.1, 0.15) is 5.75 Å². The van der Waals surface area contributed by atoms with E-state index in [0.717, 1.165) is 16.7 Å². The normalized spacial score (nSPS) is 7.59. The average Bonchev–Trinajstić information content (AvgIpc) is 2.32. The molecule has 0 heterocycles. The smallest absolute Gasteiger partial charge is 0.119 e. The van der Waals surface area contributed by atoms with Crippen LogP contribution in [-0.2, 0) is 0 Å². The van der Waals surface area contributed by atoms with Gasteiger partial charge < -0.3 is 5.11 Å². The summed E-state index contributed by atoms with van der Waals surface area (Å²) in [6.45, 7) is 18.2. The van der Waals surface area contributed by atoms with Crippen LogP contribution in [0.25, 0.3) is 0 Å². The number of rotatable bonds is 0. The number of phenolic OH excluding ortho intramolecular Hbond substituents is 1. The molecular weight excluding hydrogens is 208 g/mol. The number of benzene rings is 1. The zero-order chi connectivity index (χ0) is 14.4. The van der Waals surface area contributed by atoms with E-state index >= 15 is 0 Å². The highest BCUT2D eigenvalue weighted by molar-refractivity contribution is 5.40. The van der Waals surface area contributed by atoms with E-state index in [9.17, 15) is 5.11 Å². The Bertz CT molecular complexity index is 241. The van der Waals surface area contributed by atoms with Crippen molar-refractivity contribution in [2.75, 3.05) is 0 Å². The van der Waals surface area contributed by atoms with E-state index in [2.05, 4.69) is 19.9 Å². The van der Waals surface area contributed by atoms with Crippen molar-refractivity contribution in [3.8, 4) is 5.75 Å². The summed E-state index contributed by atoms with van der Waals surface area (Å²) in [5, 5.41) is 9.28. The number of phenols is 1. The van der Waals surface area contributed by atoms with Crippen molar-refractivity contribution in [2.45, 2.75) is 68.7 Å². The second kappa shape index (κ2) is 15.0. The minimum Gasteiger partial charge on any atom is -0.508 e. The number of aryl methyl sites for hydroxylation is 2. The Labute approximate surface area is 109 Å². The summed E-state index contributed by atoms with van der Waals surface area (Å²) in [7, 11) is 0. The third-order valence-corrected chi connectivity index (χ3v) is 1.78. The molecule has 0 spiro atoms. The summed E-state index contributed by atoms with van der Waals surface area (Å²) >= 11 is 0. The lowest BCUT2D eigenvalue weighted by atomic mass is 10.1. The van der Waals surface area contributed by atoms with Gasteiger partial charge in [0.05, 0.1) is 0 Å².